The van der Waals surface area contributed by atoms with Crippen molar-refractivity contribution in [3.05, 3.63) is 46.6 Å². The lowest BCUT2D eigenvalue weighted by atomic mass is 10.2. The highest BCUT2D eigenvalue weighted by molar-refractivity contribution is 7.87. The molecule has 2 rings (SSSR count). The largest absolute Gasteiger partial charge is 0.474 e. The van der Waals surface area contributed by atoms with Crippen molar-refractivity contribution in [2.45, 2.75) is 20.0 Å². The van der Waals surface area contributed by atoms with Crippen LogP contribution in [0.1, 0.15) is 24.2 Å². The standard InChI is InChI=1S/C17H18ClF2N3O5S/c1-9(2)27-17-12(18)5-10(8-21-17)28-15-7-13(19)11(6-14(15)20)16(24)22-29(25,26)23(3)4/h5-9H,1-4H3,(H,22,24). The van der Waals surface area contributed by atoms with E-state index in [0.717, 1.165) is 0 Å². The molecule has 0 aliphatic carbocycles. The molecule has 1 aromatic carbocycles. The maximum atomic E-state index is 14.3. The number of hydrogen-bond acceptors (Lipinski definition) is 6. The summed E-state index contributed by atoms with van der Waals surface area (Å²) in [7, 11) is -1.84. The number of hydrogen-bond donors (Lipinski definition) is 1. The average molecular weight is 450 g/mol. The molecule has 1 N–H and O–H groups in total. The lowest BCUT2D eigenvalue weighted by Gasteiger charge is -2.14. The van der Waals surface area contributed by atoms with Crippen molar-refractivity contribution in [1.82, 2.24) is 14.0 Å². The molecular formula is C17H18ClF2N3O5S. The number of ether oxygens (including phenoxy) is 2. The third kappa shape index (κ3) is 5.75. The first-order valence-electron chi connectivity index (χ1n) is 8.14. The van der Waals surface area contributed by atoms with E-state index in [-0.39, 0.29) is 22.8 Å². The van der Waals surface area contributed by atoms with Crippen molar-refractivity contribution in [2.75, 3.05) is 14.1 Å². The van der Waals surface area contributed by atoms with Crippen LogP contribution in [0, 0.1) is 11.6 Å². The molecule has 0 aliphatic heterocycles. The van der Waals surface area contributed by atoms with Gasteiger partial charge < -0.3 is 9.47 Å². The van der Waals surface area contributed by atoms with Gasteiger partial charge in [-0.2, -0.15) is 12.7 Å². The van der Waals surface area contributed by atoms with Crippen LogP contribution < -0.4 is 14.2 Å². The Hall–Kier alpha value is -2.50. The second-order valence-corrected chi connectivity index (χ2v) is 8.50. The van der Waals surface area contributed by atoms with Gasteiger partial charge in [-0.25, -0.2) is 18.5 Å². The summed E-state index contributed by atoms with van der Waals surface area (Å²) in [5.41, 5.74) is -0.808. The van der Waals surface area contributed by atoms with Crippen molar-refractivity contribution < 1.29 is 31.5 Å². The maximum absolute atomic E-state index is 14.3. The summed E-state index contributed by atoms with van der Waals surface area (Å²) in [6.07, 6.45) is 1.03. The van der Waals surface area contributed by atoms with Crippen molar-refractivity contribution in [3.8, 4) is 17.4 Å². The molecule has 1 aromatic heterocycles. The summed E-state index contributed by atoms with van der Waals surface area (Å²) < 4.78 is 64.8. The van der Waals surface area contributed by atoms with E-state index < -0.39 is 39.1 Å². The van der Waals surface area contributed by atoms with E-state index in [4.69, 9.17) is 21.1 Å². The van der Waals surface area contributed by atoms with Gasteiger partial charge in [0.05, 0.1) is 17.9 Å². The van der Waals surface area contributed by atoms with E-state index >= 15 is 0 Å². The highest BCUT2D eigenvalue weighted by Gasteiger charge is 2.23. The van der Waals surface area contributed by atoms with Gasteiger partial charge in [0.25, 0.3) is 5.91 Å². The third-order valence-corrected chi connectivity index (χ3v) is 5.00. The van der Waals surface area contributed by atoms with Gasteiger partial charge >= 0.3 is 10.2 Å². The van der Waals surface area contributed by atoms with Crippen LogP contribution in [0.3, 0.4) is 0 Å². The van der Waals surface area contributed by atoms with E-state index in [1.165, 1.54) is 26.4 Å². The van der Waals surface area contributed by atoms with Crippen LogP contribution in [-0.4, -0.2) is 43.8 Å². The minimum Gasteiger partial charge on any atom is -0.474 e. The molecule has 0 unspecified atom stereocenters. The molecule has 1 heterocycles. The molecular weight excluding hydrogens is 432 g/mol. The molecule has 158 valence electrons. The Labute approximate surface area is 171 Å². The Morgan fingerprint density at radius 1 is 1.21 bits per heavy atom. The fraction of sp³-hybridized carbons (Fsp3) is 0.294. The fourth-order valence-corrected chi connectivity index (χ4v) is 2.67. The first-order valence-corrected chi connectivity index (χ1v) is 9.96. The molecule has 1 amide bonds. The number of halogens is 3. The van der Waals surface area contributed by atoms with E-state index in [2.05, 4.69) is 4.98 Å². The van der Waals surface area contributed by atoms with Gasteiger partial charge in [0, 0.05) is 26.2 Å². The molecule has 0 atom stereocenters. The van der Waals surface area contributed by atoms with E-state index in [0.29, 0.717) is 16.4 Å². The Morgan fingerprint density at radius 3 is 2.41 bits per heavy atom. The van der Waals surface area contributed by atoms with Gasteiger partial charge in [-0.15, -0.1) is 0 Å². The third-order valence-electron chi connectivity index (χ3n) is 3.33. The van der Waals surface area contributed by atoms with Crippen LogP contribution in [0.15, 0.2) is 24.4 Å². The molecule has 0 fully saturated rings. The number of nitrogens with one attached hydrogen (secondary N) is 1. The lowest BCUT2D eigenvalue weighted by molar-refractivity contribution is 0.0975. The average Bonchev–Trinajstić information content (AvgIpc) is 2.59. The van der Waals surface area contributed by atoms with Crippen LogP contribution in [0.5, 0.6) is 17.4 Å². The summed E-state index contributed by atoms with van der Waals surface area (Å²) in [6.45, 7) is 3.56. The van der Waals surface area contributed by atoms with E-state index in [9.17, 15) is 22.0 Å². The maximum Gasteiger partial charge on any atom is 0.303 e. The minimum atomic E-state index is -4.17. The van der Waals surface area contributed by atoms with E-state index in [1.807, 2.05) is 0 Å². The summed E-state index contributed by atoms with van der Waals surface area (Å²) in [5.74, 6) is -4.03. The topological polar surface area (TPSA) is 97.8 Å². The zero-order valence-electron chi connectivity index (χ0n) is 15.9. The van der Waals surface area contributed by atoms with Gasteiger partial charge in [-0.1, -0.05) is 11.6 Å². The van der Waals surface area contributed by atoms with Gasteiger partial charge in [0.1, 0.15) is 16.6 Å². The fourth-order valence-electron chi connectivity index (χ4n) is 1.94. The smallest absolute Gasteiger partial charge is 0.303 e. The Balaban J connectivity index is 2.26. The van der Waals surface area contributed by atoms with Crippen LogP contribution in [-0.2, 0) is 10.2 Å². The number of carbonyl (C=O) groups is 1. The molecule has 0 saturated heterocycles. The monoisotopic (exact) mass is 449 g/mol. The number of pyridine rings is 1. The molecule has 0 saturated carbocycles. The number of rotatable bonds is 7. The first kappa shape index (κ1) is 22.8. The van der Waals surface area contributed by atoms with E-state index in [1.54, 1.807) is 18.6 Å². The second kappa shape index (κ2) is 8.89. The molecule has 0 radical (unpaired) electrons. The van der Waals surface area contributed by atoms with Crippen molar-refractivity contribution >= 4 is 27.7 Å². The molecule has 2 aromatic rings. The Kier molecular flexibility index (Phi) is 6.98. The second-order valence-electron chi connectivity index (χ2n) is 6.21. The number of carbonyl (C=O) groups excluding carboxylic acids is 1. The molecule has 29 heavy (non-hydrogen) atoms. The normalized spacial score (nSPS) is 11.6. The van der Waals surface area contributed by atoms with Gasteiger partial charge in [-0.05, 0) is 19.9 Å². The number of aromatic nitrogens is 1. The summed E-state index contributed by atoms with van der Waals surface area (Å²) >= 11 is 6.02. The van der Waals surface area contributed by atoms with Crippen molar-refractivity contribution in [3.63, 3.8) is 0 Å². The Bertz CT molecular complexity index is 1030. The van der Waals surface area contributed by atoms with Gasteiger partial charge in [-0.3, -0.25) is 4.79 Å². The minimum absolute atomic E-state index is 0.00297. The van der Waals surface area contributed by atoms with Crippen LogP contribution >= 0.6 is 11.6 Å². The van der Waals surface area contributed by atoms with Crippen molar-refractivity contribution in [2.24, 2.45) is 0 Å². The Morgan fingerprint density at radius 2 is 1.86 bits per heavy atom. The van der Waals surface area contributed by atoms with Gasteiger partial charge in [0.2, 0.25) is 5.88 Å². The summed E-state index contributed by atoms with van der Waals surface area (Å²) in [5, 5.41) is 0.0990. The number of benzene rings is 1. The zero-order valence-corrected chi connectivity index (χ0v) is 17.4. The van der Waals surface area contributed by atoms with Crippen LogP contribution in [0.25, 0.3) is 0 Å². The highest BCUT2D eigenvalue weighted by Crippen LogP contribution is 2.31. The zero-order chi connectivity index (χ0) is 21.9. The molecule has 0 spiro atoms. The van der Waals surface area contributed by atoms with Gasteiger partial charge in [0.15, 0.2) is 11.6 Å². The van der Waals surface area contributed by atoms with Crippen LogP contribution in [0.2, 0.25) is 5.02 Å². The predicted octanol–water partition coefficient (Wildman–Crippen LogP) is 3.13. The molecule has 0 bridgehead atoms. The van der Waals surface area contributed by atoms with Crippen molar-refractivity contribution in [1.29, 1.82) is 0 Å². The van der Waals surface area contributed by atoms with Crippen LogP contribution in [0.4, 0.5) is 8.78 Å². The SMILES string of the molecule is CC(C)Oc1ncc(Oc2cc(F)c(C(=O)NS(=O)(=O)N(C)C)cc2F)cc1Cl. The number of nitrogens with zero attached hydrogens (tertiary/aromatic N) is 2. The number of amides is 1. The first-order chi connectivity index (χ1) is 13.4. The quantitative estimate of drug-likeness (QED) is 0.697. The predicted molar refractivity (Wildman–Crippen MR) is 102 cm³/mol. The summed E-state index contributed by atoms with van der Waals surface area (Å²) in [6, 6.07) is 2.43. The summed E-state index contributed by atoms with van der Waals surface area (Å²) in [4.78, 5) is 15.9. The highest BCUT2D eigenvalue weighted by atomic mass is 35.5. The molecule has 8 nitrogen and oxygen atoms in total. The molecule has 12 heteroatoms. The lowest BCUT2D eigenvalue weighted by Crippen LogP contribution is -2.39. The molecule has 0 aliphatic rings.